The summed E-state index contributed by atoms with van der Waals surface area (Å²) in [6, 6.07) is 1.75. The molecule has 118 valence electrons. The van der Waals surface area contributed by atoms with Crippen LogP contribution < -0.4 is 5.32 Å². The molecule has 0 unspecified atom stereocenters. The number of aryl methyl sites for hydroxylation is 1. The molecule has 0 fully saturated rings. The zero-order valence-corrected chi connectivity index (χ0v) is 13.1. The summed E-state index contributed by atoms with van der Waals surface area (Å²) in [7, 11) is 3.12. The molecule has 0 saturated heterocycles. The second-order valence-electron chi connectivity index (χ2n) is 5.23. The molecule has 6 heteroatoms. The van der Waals surface area contributed by atoms with Crippen LogP contribution in [0.15, 0.2) is 12.3 Å². The van der Waals surface area contributed by atoms with Crippen molar-refractivity contribution in [2.45, 2.75) is 33.2 Å². The Morgan fingerprint density at radius 2 is 2.00 bits per heavy atom. The van der Waals surface area contributed by atoms with Gasteiger partial charge in [0.05, 0.1) is 12.5 Å². The third kappa shape index (κ3) is 3.85. The third-order valence-corrected chi connectivity index (χ3v) is 4.06. The van der Waals surface area contributed by atoms with Gasteiger partial charge in [-0.3, -0.25) is 4.79 Å². The first-order valence-electron chi connectivity index (χ1n) is 7.07. The molecule has 0 aromatic carbocycles. The van der Waals surface area contributed by atoms with E-state index in [0.717, 1.165) is 5.56 Å². The molecule has 1 rings (SSSR count). The number of methoxy groups -OCH3 is 1. The Morgan fingerprint density at radius 1 is 1.38 bits per heavy atom. The number of carbonyl (C=O) groups excluding carboxylic acids is 1. The van der Waals surface area contributed by atoms with Crippen molar-refractivity contribution in [2.24, 2.45) is 12.5 Å². The van der Waals surface area contributed by atoms with E-state index in [2.05, 4.69) is 5.32 Å². The van der Waals surface area contributed by atoms with Gasteiger partial charge in [-0.05, 0) is 24.5 Å². The van der Waals surface area contributed by atoms with Crippen molar-refractivity contribution >= 4 is 11.9 Å². The minimum Gasteiger partial charge on any atom is -0.481 e. The average molecular weight is 296 g/mol. The number of hydrogen-bond acceptors (Lipinski definition) is 4. The first-order chi connectivity index (χ1) is 9.90. The third-order valence-electron chi connectivity index (χ3n) is 4.06. The van der Waals surface area contributed by atoms with E-state index in [-0.39, 0.29) is 5.97 Å². The van der Waals surface area contributed by atoms with E-state index in [0.29, 0.717) is 31.6 Å². The van der Waals surface area contributed by atoms with Crippen molar-refractivity contribution in [3.05, 3.63) is 23.5 Å². The number of aromatic nitrogens is 1. The lowest BCUT2D eigenvalue weighted by molar-refractivity contribution is -0.149. The summed E-state index contributed by atoms with van der Waals surface area (Å²) in [5.41, 5.74) is 0.661. The molecule has 2 N–H and O–H groups in total. The number of ether oxygens (including phenoxy) is 1. The predicted octanol–water partition coefficient (Wildman–Crippen LogP) is 1.79. The summed E-state index contributed by atoms with van der Waals surface area (Å²) in [5.74, 6) is -1.16. The first kappa shape index (κ1) is 17.2. The fourth-order valence-electron chi connectivity index (χ4n) is 2.36. The summed E-state index contributed by atoms with van der Waals surface area (Å²) in [6.07, 6.45) is 2.99. The zero-order valence-electron chi connectivity index (χ0n) is 13.1. The van der Waals surface area contributed by atoms with Gasteiger partial charge >= 0.3 is 11.9 Å². The lowest BCUT2D eigenvalue weighted by Crippen LogP contribution is -2.39. The molecule has 6 nitrogen and oxygen atoms in total. The van der Waals surface area contributed by atoms with Crippen LogP contribution in [-0.2, 0) is 23.1 Å². The van der Waals surface area contributed by atoms with Gasteiger partial charge in [0.2, 0.25) is 0 Å². The number of hydrogen-bond donors (Lipinski definition) is 2. The minimum atomic E-state index is -0.775. The van der Waals surface area contributed by atoms with E-state index in [4.69, 9.17) is 4.74 Å². The van der Waals surface area contributed by atoms with Gasteiger partial charge in [-0.15, -0.1) is 0 Å². The van der Waals surface area contributed by atoms with E-state index >= 15 is 0 Å². The van der Waals surface area contributed by atoms with Gasteiger partial charge in [-0.25, -0.2) is 4.79 Å². The van der Waals surface area contributed by atoms with E-state index in [1.165, 1.54) is 7.11 Å². The quantitative estimate of drug-likeness (QED) is 0.715. The number of nitrogens with one attached hydrogen (secondary N) is 1. The normalized spacial score (nSPS) is 11.4. The molecule has 0 amide bonds. The van der Waals surface area contributed by atoms with Gasteiger partial charge < -0.3 is 19.7 Å². The van der Waals surface area contributed by atoms with Gasteiger partial charge in [0.1, 0.15) is 5.69 Å². The van der Waals surface area contributed by atoms with Gasteiger partial charge in [0.15, 0.2) is 0 Å². The van der Waals surface area contributed by atoms with E-state index in [1.54, 1.807) is 17.7 Å². The van der Waals surface area contributed by atoms with Crippen molar-refractivity contribution < 1.29 is 19.4 Å². The summed E-state index contributed by atoms with van der Waals surface area (Å²) in [4.78, 5) is 22.9. The van der Waals surface area contributed by atoms with Crippen LogP contribution in [-0.4, -0.2) is 35.3 Å². The SMILES string of the molecule is CCC(CC)(CNCc1cc(C(=O)OC)n(C)c1)C(=O)O. The van der Waals surface area contributed by atoms with Crippen LogP contribution in [0.5, 0.6) is 0 Å². The van der Waals surface area contributed by atoms with Crippen molar-refractivity contribution in [1.29, 1.82) is 0 Å². The summed E-state index contributed by atoms with van der Waals surface area (Å²) in [5, 5.41) is 12.5. The summed E-state index contributed by atoms with van der Waals surface area (Å²) >= 11 is 0. The van der Waals surface area contributed by atoms with Crippen LogP contribution in [0, 0.1) is 5.41 Å². The second-order valence-corrected chi connectivity index (χ2v) is 5.23. The Hall–Kier alpha value is -1.82. The van der Waals surface area contributed by atoms with Gasteiger partial charge in [-0.1, -0.05) is 13.8 Å². The van der Waals surface area contributed by atoms with E-state index in [1.807, 2.05) is 20.0 Å². The molecule has 0 atom stereocenters. The first-order valence-corrected chi connectivity index (χ1v) is 7.07. The molecule has 1 aromatic rings. The molecule has 0 spiro atoms. The Kier molecular flexibility index (Phi) is 5.96. The lowest BCUT2D eigenvalue weighted by Gasteiger charge is -2.26. The fourth-order valence-corrected chi connectivity index (χ4v) is 2.36. The lowest BCUT2D eigenvalue weighted by atomic mass is 9.82. The van der Waals surface area contributed by atoms with Crippen LogP contribution in [0.3, 0.4) is 0 Å². The van der Waals surface area contributed by atoms with Crippen LogP contribution in [0.4, 0.5) is 0 Å². The van der Waals surface area contributed by atoms with Gasteiger partial charge in [-0.2, -0.15) is 0 Å². The molecule has 0 bridgehead atoms. The Labute approximate surface area is 125 Å². The largest absolute Gasteiger partial charge is 0.481 e. The molecule has 1 heterocycles. The standard InChI is InChI=1S/C15H24N2O4/c1-5-15(6-2,14(19)20)10-16-8-11-7-12(13(18)21-4)17(3)9-11/h7,9,16H,5-6,8,10H2,1-4H3,(H,19,20). The molecule has 0 aliphatic heterocycles. The zero-order chi connectivity index (χ0) is 16.0. The minimum absolute atomic E-state index is 0.384. The van der Waals surface area contributed by atoms with Crippen molar-refractivity contribution in [2.75, 3.05) is 13.7 Å². The predicted molar refractivity (Wildman–Crippen MR) is 79.1 cm³/mol. The number of carboxylic acids is 1. The molecule has 0 aliphatic rings. The molecular weight excluding hydrogens is 272 g/mol. The topological polar surface area (TPSA) is 80.6 Å². The smallest absolute Gasteiger partial charge is 0.354 e. The Bertz CT molecular complexity index is 504. The highest BCUT2D eigenvalue weighted by Crippen LogP contribution is 2.25. The highest BCUT2D eigenvalue weighted by atomic mass is 16.5. The number of carboxylic acid groups (broad SMARTS) is 1. The molecular formula is C15H24N2O4. The molecule has 0 saturated carbocycles. The number of nitrogens with zero attached hydrogens (tertiary/aromatic N) is 1. The summed E-state index contributed by atoms with van der Waals surface area (Å²) in [6.45, 7) is 4.69. The highest BCUT2D eigenvalue weighted by Gasteiger charge is 2.34. The second kappa shape index (κ2) is 7.26. The van der Waals surface area contributed by atoms with Crippen LogP contribution >= 0.6 is 0 Å². The molecule has 0 aliphatic carbocycles. The van der Waals surface area contributed by atoms with Crippen LogP contribution in [0.25, 0.3) is 0 Å². The number of aliphatic carboxylic acids is 1. The maximum atomic E-state index is 11.5. The van der Waals surface area contributed by atoms with Gasteiger partial charge in [0.25, 0.3) is 0 Å². The van der Waals surface area contributed by atoms with Crippen molar-refractivity contribution in [3.8, 4) is 0 Å². The Morgan fingerprint density at radius 3 is 2.48 bits per heavy atom. The fraction of sp³-hybridized carbons (Fsp3) is 0.600. The van der Waals surface area contributed by atoms with Crippen LogP contribution in [0.1, 0.15) is 42.7 Å². The molecule has 21 heavy (non-hydrogen) atoms. The molecule has 0 radical (unpaired) electrons. The van der Waals surface area contributed by atoms with Crippen LogP contribution in [0.2, 0.25) is 0 Å². The monoisotopic (exact) mass is 296 g/mol. The molecule has 1 aromatic heterocycles. The maximum Gasteiger partial charge on any atom is 0.354 e. The highest BCUT2D eigenvalue weighted by molar-refractivity contribution is 5.87. The Balaban J connectivity index is 2.68. The van der Waals surface area contributed by atoms with Crippen molar-refractivity contribution in [1.82, 2.24) is 9.88 Å². The van der Waals surface area contributed by atoms with Gasteiger partial charge in [0, 0.05) is 26.3 Å². The maximum absolute atomic E-state index is 11.5. The summed E-state index contributed by atoms with van der Waals surface area (Å²) < 4.78 is 6.40. The van der Waals surface area contributed by atoms with E-state index < -0.39 is 11.4 Å². The van der Waals surface area contributed by atoms with Crippen molar-refractivity contribution in [3.63, 3.8) is 0 Å². The number of carbonyl (C=O) groups is 2. The number of rotatable bonds is 8. The number of esters is 1. The average Bonchev–Trinajstić information content (AvgIpc) is 2.83. The van der Waals surface area contributed by atoms with E-state index in [9.17, 15) is 14.7 Å².